The summed E-state index contributed by atoms with van der Waals surface area (Å²) in [5.74, 6) is -0.515. The molecule has 0 aliphatic carbocycles. The zero-order chi connectivity index (χ0) is 28.9. The Labute approximate surface area is 247 Å². The van der Waals surface area contributed by atoms with E-state index in [1.54, 1.807) is 13.0 Å². The van der Waals surface area contributed by atoms with Gasteiger partial charge in [0, 0.05) is 5.75 Å². The summed E-state index contributed by atoms with van der Waals surface area (Å²) in [6.45, 7) is 5.54. The van der Waals surface area contributed by atoms with Gasteiger partial charge in [0.15, 0.2) is 0 Å². The number of benzene rings is 1. The van der Waals surface area contributed by atoms with Crippen LogP contribution in [0, 0.1) is 5.92 Å². The molecule has 2 amide bonds. The van der Waals surface area contributed by atoms with Gasteiger partial charge in [-0.1, -0.05) is 44.2 Å². The van der Waals surface area contributed by atoms with Crippen LogP contribution in [0.2, 0.25) is 0 Å². The molecule has 2 aliphatic heterocycles. The second-order valence-electron chi connectivity index (χ2n) is 10.2. The monoisotopic (exact) mass is 602 g/mol. The van der Waals surface area contributed by atoms with Crippen LogP contribution in [0.3, 0.4) is 0 Å². The maximum atomic E-state index is 13.5. The third kappa shape index (κ3) is 7.15. The fourth-order valence-corrected chi connectivity index (χ4v) is 6.58. The number of carbonyl (C=O) groups excluding carboxylic acids is 3. The number of hydrogen-bond acceptors (Lipinski definition) is 10. The summed E-state index contributed by atoms with van der Waals surface area (Å²) in [5.41, 5.74) is 1.23. The van der Waals surface area contributed by atoms with Crippen molar-refractivity contribution < 1.29 is 24.2 Å². The molecular weight excluding hydrogens is 569 g/mol. The number of aliphatic hydroxyl groups excluding tert-OH is 1. The maximum absolute atomic E-state index is 13.5. The van der Waals surface area contributed by atoms with Crippen LogP contribution < -0.4 is 10.6 Å². The number of cyclic esters (lactones) is 1. The highest BCUT2D eigenvalue weighted by Crippen LogP contribution is 2.38. The number of nitrogens with zero attached hydrogens (tertiary/aromatic N) is 2. The Morgan fingerprint density at radius 2 is 2.00 bits per heavy atom. The molecule has 1 aromatic carbocycles. The number of carbonyl (C=O) groups is 3. The minimum atomic E-state index is -1.10. The van der Waals surface area contributed by atoms with Crippen molar-refractivity contribution in [2.24, 2.45) is 10.9 Å². The average Bonchev–Trinajstić information content (AvgIpc) is 3.54. The van der Waals surface area contributed by atoms with Crippen LogP contribution in [0.15, 0.2) is 41.4 Å². The van der Waals surface area contributed by atoms with Gasteiger partial charge in [0.25, 0.3) is 0 Å². The lowest BCUT2D eigenvalue weighted by atomic mass is 10.00. The van der Waals surface area contributed by atoms with Gasteiger partial charge in [-0.15, -0.1) is 23.1 Å². The highest BCUT2D eigenvalue weighted by Gasteiger charge is 2.42. The molecular formula is C28H34N4O5S3. The minimum Gasteiger partial charge on any atom is -0.456 e. The Balaban J connectivity index is 1.74. The zero-order valence-electron chi connectivity index (χ0n) is 22.7. The molecule has 2 aliphatic rings. The molecule has 9 nitrogen and oxygen atoms in total. The Morgan fingerprint density at radius 3 is 2.67 bits per heavy atom. The molecule has 0 radical (unpaired) electrons. The number of allylic oxidation sites excluding steroid dienone is 1. The van der Waals surface area contributed by atoms with Gasteiger partial charge in [-0.3, -0.25) is 14.6 Å². The molecule has 4 rings (SSSR count). The van der Waals surface area contributed by atoms with Crippen LogP contribution in [0.1, 0.15) is 49.9 Å². The number of rotatable bonds is 6. The van der Waals surface area contributed by atoms with Gasteiger partial charge >= 0.3 is 5.97 Å². The summed E-state index contributed by atoms with van der Waals surface area (Å²) in [7, 11) is 0. The standard InChI is InChI=1S/C28H34N4O5S3/c1-16(2)22-26(35)37-19(6-4-5-11-38)12-20(34)29-13-21-30-23(25-32-28(3,15-39-25)27(36)31-22)24(40-21)18-9-7-17(14-33)8-10-18/h4,6-10,16,19,22,33,38H,5,11-15H2,1-3H3,(H,29,34)(H,31,36)/b6-4+/t19?,22-,28-/m0/s1. The van der Waals surface area contributed by atoms with Gasteiger partial charge in [0.2, 0.25) is 11.8 Å². The predicted molar refractivity (Wildman–Crippen MR) is 162 cm³/mol. The van der Waals surface area contributed by atoms with Crippen molar-refractivity contribution in [3.63, 3.8) is 0 Å². The molecule has 4 bridgehead atoms. The third-order valence-corrected chi connectivity index (χ3v) is 9.17. The second-order valence-corrected chi connectivity index (χ2v) is 12.7. The Kier molecular flexibility index (Phi) is 10.1. The summed E-state index contributed by atoms with van der Waals surface area (Å²) in [6.07, 6.45) is 3.31. The van der Waals surface area contributed by atoms with Crippen molar-refractivity contribution in [3.8, 4) is 10.4 Å². The minimum absolute atomic E-state index is 0.0580. The van der Waals surface area contributed by atoms with Crippen molar-refractivity contribution in [1.29, 1.82) is 0 Å². The SMILES string of the molecule is CC(C)[C@@H]1NC(=O)[C@]2(C)CSC(=N2)c2nc(sc2-c2ccc(CO)cc2)CNC(=O)CC(/C=C/CCS)OC1=O. The predicted octanol–water partition coefficient (Wildman–Crippen LogP) is 3.50. The van der Waals surface area contributed by atoms with Crippen molar-refractivity contribution in [2.75, 3.05) is 11.5 Å². The van der Waals surface area contributed by atoms with Crippen LogP contribution >= 0.6 is 35.7 Å². The third-order valence-electron chi connectivity index (χ3n) is 6.54. The summed E-state index contributed by atoms with van der Waals surface area (Å²) in [5, 5.41) is 16.5. The number of aliphatic imine (C=N–C) groups is 1. The second kappa shape index (κ2) is 13.3. The Bertz CT molecular complexity index is 1310. The highest BCUT2D eigenvalue weighted by molar-refractivity contribution is 8.14. The lowest BCUT2D eigenvalue weighted by Gasteiger charge is -2.27. The summed E-state index contributed by atoms with van der Waals surface area (Å²) < 4.78 is 5.73. The zero-order valence-corrected chi connectivity index (χ0v) is 25.2. The first kappa shape index (κ1) is 30.3. The number of hydrogen-bond donors (Lipinski definition) is 4. The molecule has 1 aromatic heterocycles. The van der Waals surface area contributed by atoms with E-state index in [1.807, 2.05) is 44.2 Å². The van der Waals surface area contributed by atoms with E-state index >= 15 is 0 Å². The van der Waals surface area contributed by atoms with E-state index in [0.717, 1.165) is 16.0 Å². The molecule has 40 heavy (non-hydrogen) atoms. The van der Waals surface area contributed by atoms with Gasteiger partial charge in [0.1, 0.15) is 33.4 Å². The molecule has 0 saturated carbocycles. The van der Waals surface area contributed by atoms with Gasteiger partial charge in [0.05, 0.1) is 24.4 Å². The van der Waals surface area contributed by atoms with E-state index in [4.69, 9.17) is 14.7 Å². The highest BCUT2D eigenvalue weighted by atomic mass is 32.2. The van der Waals surface area contributed by atoms with E-state index in [0.29, 0.717) is 33.7 Å². The normalized spacial score (nSPS) is 24.1. The molecule has 1 unspecified atom stereocenters. The van der Waals surface area contributed by atoms with Crippen molar-refractivity contribution in [2.45, 2.75) is 64.4 Å². The van der Waals surface area contributed by atoms with E-state index in [1.165, 1.54) is 23.1 Å². The lowest BCUT2D eigenvalue weighted by Crippen LogP contribution is -2.53. The average molecular weight is 603 g/mol. The van der Waals surface area contributed by atoms with Crippen LogP contribution in [-0.4, -0.2) is 62.1 Å². The Hall–Kier alpha value is -2.67. The van der Waals surface area contributed by atoms with E-state index in [9.17, 15) is 19.5 Å². The van der Waals surface area contributed by atoms with E-state index < -0.39 is 23.7 Å². The number of amides is 2. The smallest absolute Gasteiger partial charge is 0.329 e. The topological polar surface area (TPSA) is 130 Å². The Morgan fingerprint density at radius 1 is 1.25 bits per heavy atom. The van der Waals surface area contributed by atoms with E-state index in [2.05, 4.69) is 23.3 Å². The summed E-state index contributed by atoms with van der Waals surface area (Å²) in [6, 6.07) is 6.62. The largest absolute Gasteiger partial charge is 0.456 e. The van der Waals surface area contributed by atoms with Crippen molar-refractivity contribution in [3.05, 3.63) is 52.7 Å². The molecule has 3 atom stereocenters. The number of nitrogens with one attached hydrogen (secondary N) is 2. The number of fused-ring (bicyclic) bond motifs is 4. The fourth-order valence-electron chi connectivity index (χ4n) is 4.19. The molecule has 2 aromatic rings. The summed E-state index contributed by atoms with van der Waals surface area (Å²) in [4.78, 5) is 50.1. The van der Waals surface area contributed by atoms with Crippen LogP contribution in [0.4, 0.5) is 0 Å². The van der Waals surface area contributed by atoms with Gasteiger partial charge < -0.3 is 20.5 Å². The van der Waals surface area contributed by atoms with Crippen LogP contribution in [0.5, 0.6) is 0 Å². The lowest BCUT2D eigenvalue weighted by molar-refractivity contribution is -0.153. The number of thiol groups is 1. The molecule has 0 saturated heterocycles. The number of aromatic nitrogens is 1. The fraction of sp³-hybridized carbons (Fsp3) is 0.464. The van der Waals surface area contributed by atoms with Crippen molar-refractivity contribution >= 4 is 58.6 Å². The van der Waals surface area contributed by atoms with E-state index in [-0.39, 0.29) is 37.3 Å². The molecule has 0 fully saturated rings. The first-order chi connectivity index (χ1) is 19.1. The van der Waals surface area contributed by atoms with Gasteiger partial charge in [-0.2, -0.15) is 12.6 Å². The number of aliphatic hydroxyl groups is 1. The van der Waals surface area contributed by atoms with Gasteiger partial charge in [-0.05, 0) is 42.2 Å². The first-order valence-electron chi connectivity index (χ1n) is 13.1. The molecule has 0 spiro atoms. The number of esters is 1. The number of thioether (sulfide) groups is 1. The molecule has 3 N–H and O–H groups in total. The first-order valence-corrected chi connectivity index (χ1v) is 15.6. The van der Waals surface area contributed by atoms with Crippen LogP contribution in [-0.2, 0) is 32.3 Å². The summed E-state index contributed by atoms with van der Waals surface area (Å²) >= 11 is 7.08. The number of thiazole rings is 1. The molecule has 214 valence electrons. The van der Waals surface area contributed by atoms with Crippen LogP contribution in [0.25, 0.3) is 10.4 Å². The maximum Gasteiger partial charge on any atom is 0.329 e. The molecule has 3 heterocycles. The quantitative estimate of drug-likeness (QED) is 0.226. The molecule has 12 heteroatoms. The number of ether oxygens (including phenoxy) is 1. The van der Waals surface area contributed by atoms with Gasteiger partial charge in [-0.25, -0.2) is 9.78 Å². The van der Waals surface area contributed by atoms with Crippen molar-refractivity contribution in [1.82, 2.24) is 15.6 Å².